The maximum absolute atomic E-state index is 10.6. The number of hydrogen-bond acceptors (Lipinski definition) is 5. The van der Waals surface area contributed by atoms with E-state index in [1.165, 1.54) is 0 Å². The summed E-state index contributed by atoms with van der Waals surface area (Å²) in [6.45, 7) is 2.64. The lowest BCUT2D eigenvalue weighted by atomic mass is 10.0. The summed E-state index contributed by atoms with van der Waals surface area (Å²) in [5, 5.41) is 14.0. The van der Waals surface area contributed by atoms with Crippen molar-refractivity contribution in [1.82, 2.24) is 4.98 Å². The molecule has 2 N–H and O–H groups in total. The Morgan fingerprint density at radius 1 is 1.00 bits per heavy atom. The summed E-state index contributed by atoms with van der Waals surface area (Å²) in [6.07, 6.45) is 0.923. The van der Waals surface area contributed by atoms with Gasteiger partial charge in [0.25, 0.3) is 0 Å². The largest absolute Gasteiger partial charge is 0.497 e. The number of aryl methyl sites for hydroxylation is 1. The smallest absolute Gasteiger partial charge is 0.122 e. The van der Waals surface area contributed by atoms with E-state index in [4.69, 9.17) is 9.47 Å². The van der Waals surface area contributed by atoms with Crippen LogP contribution in [0.2, 0.25) is 0 Å². The minimum atomic E-state index is -0.760. The molecule has 0 saturated carbocycles. The first kappa shape index (κ1) is 18.7. The Bertz CT molecular complexity index is 875. The van der Waals surface area contributed by atoms with Crippen molar-refractivity contribution in [3.8, 4) is 11.5 Å². The van der Waals surface area contributed by atoms with E-state index in [1.807, 2.05) is 61.5 Å². The molecule has 27 heavy (non-hydrogen) atoms. The number of nitrogens with zero attached hydrogens (tertiary/aromatic N) is 1. The second kappa shape index (κ2) is 8.56. The lowest BCUT2D eigenvalue weighted by molar-refractivity contribution is 0.215. The van der Waals surface area contributed by atoms with Gasteiger partial charge in [0.2, 0.25) is 0 Å². The molecular formula is C22H24N2O3. The summed E-state index contributed by atoms with van der Waals surface area (Å²) in [5.74, 6) is 1.50. The van der Waals surface area contributed by atoms with Crippen LogP contribution in [0.3, 0.4) is 0 Å². The van der Waals surface area contributed by atoms with Gasteiger partial charge in [0.15, 0.2) is 0 Å². The molecule has 140 valence electrons. The Kier molecular flexibility index (Phi) is 5.94. The Hall–Kier alpha value is -3.05. The number of ether oxygens (including phenoxy) is 2. The number of methoxy groups -OCH3 is 2. The number of aromatic nitrogens is 1. The molecule has 0 saturated heterocycles. The van der Waals surface area contributed by atoms with Crippen molar-refractivity contribution in [2.45, 2.75) is 19.6 Å². The lowest BCUT2D eigenvalue weighted by Crippen LogP contribution is -2.06. The highest BCUT2D eigenvalue weighted by Gasteiger charge is 2.13. The molecule has 3 rings (SSSR count). The molecule has 1 atom stereocenters. The number of rotatable bonds is 7. The van der Waals surface area contributed by atoms with Crippen LogP contribution < -0.4 is 14.8 Å². The zero-order valence-electron chi connectivity index (χ0n) is 15.8. The summed E-state index contributed by atoms with van der Waals surface area (Å²) in [4.78, 5) is 4.24. The highest BCUT2D eigenvalue weighted by molar-refractivity contribution is 5.54. The Morgan fingerprint density at radius 2 is 1.74 bits per heavy atom. The van der Waals surface area contributed by atoms with Crippen LogP contribution in [-0.2, 0) is 6.54 Å². The van der Waals surface area contributed by atoms with Gasteiger partial charge in [-0.2, -0.15) is 0 Å². The van der Waals surface area contributed by atoms with Gasteiger partial charge >= 0.3 is 0 Å². The molecule has 0 aliphatic carbocycles. The molecule has 0 spiro atoms. The van der Waals surface area contributed by atoms with Crippen molar-refractivity contribution in [2.24, 2.45) is 0 Å². The predicted molar refractivity (Wildman–Crippen MR) is 106 cm³/mol. The number of pyridine rings is 1. The number of aliphatic hydroxyl groups is 1. The first-order valence-corrected chi connectivity index (χ1v) is 8.76. The van der Waals surface area contributed by atoms with Gasteiger partial charge in [0.05, 0.1) is 19.9 Å². The molecule has 0 fully saturated rings. The fourth-order valence-electron chi connectivity index (χ4n) is 2.87. The maximum atomic E-state index is 10.6. The van der Waals surface area contributed by atoms with Gasteiger partial charge in [-0.1, -0.05) is 18.2 Å². The molecule has 5 nitrogen and oxygen atoms in total. The summed E-state index contributed by atoms with van der Waals surface area (Å²) < 4.78 is 10.6. The van der Waals surface area contributed by atoms with Crippen LogP contribution in [0, 0.1) is 6.92 Å². The molecule has 3 aromatic rings. The lowest BCUT2D eigenvalue weighted by Gasteiger charge is -2.16. The molecule has 0 amide bonds. The van der Waals surface area contributed by atoms with Gasteiger partial charge in [-0.25, -0.2) is 0 Å². The van der Waals surface area contributed by atoms with Crippen molar-refractivity contribution < 1.29 is 14.6 Å². The Labute approximate surface area is 159 Å². The fourth-order valence-corrected chi connectivity index (χ4v) is 2.87. The molecule has 0 bridgehead atoms. The summed E-state index contributed by atoms with van der Waals surface area (Å²) in [6, 6.07) is 17.2. The average Bonchev–Trinajstić information content (AvgIpc) is 2.73. The van der Waals surface area contributed by atoms with Gasteiger partial charge < -0.3 is 19.9 Å². The molecule has 2 aromatic carbocycles. The Balaban J connectivity index is 1.79. The average molecular weight is 364 g/mol. The third kappa shape index (κ3) is 4.57. The highest BCUT2D eigenvalue weighted by atomic mass is 16.5. The van der Waals surface area contributed by atoms with Gasteiger partial charge in [-0.15, -0.1) is 0 Å². The van der Waals surface area contributed by atoms with Crippen LogP contribution in [-0.4, -0.2) is 24.3 Å². The van der Waals surface area contributed by atoms with E-state index >= 15 is 0 Å². The van der Waals surface area contributed by atoms with Crippen molar-refractivity contribution >= 4 is 5.69 Å². The van der Waals surface area contributed by atoms with E-state index in [9.17, 15) is 5.11 Å². The quantitative estimate of drug-likeness (QED) is 0.661. The molecule has 1 heterocycles. The summed E-state index contributed by atoms with van der Waals surface area (Å²) in [5.41, 5.74) is 4.53. The topological polar surface area (TPSA) is 63.6 Å². The predicted octanol–water partition coefficient (Wildman–Crippen LogP) is 4.10. The molecule has 0 aliphatic rings. The second-order valence-corrected chi connectivity index (χ2v) is 6.31. The molecule has 5 heteroatoms. The van der Waals surface area contributed by atoms with Gasteiger partial charge in [0.1, 0.15) is 17.6 Å². The van der Waals surface area contributed by atoms with E-state index in [2.05, 4.69) is 10.3 Å². The SMILES string of the molecule is COc1cc(CNc2cc([C@H](O)c3ccccn3)ccc2C)cc(OC)c1. The summed E-state index contributed by atoms with van der Waals surface area (Å²) in [7, 11) is 3.28. The third-order valence-electron chi connectivity index (χ3n) is 4.44. The van der Waals surface area contributed by atoms with Crippen LogP contribution in [0.4, 0.5) is 5.69 Å². The van der Waals surface area contributed by atoms with E-state index in [0.717, 1.165) is 33.9 Å². The van der Waals surface area contributed by atoms with E-state index in [0.29, 0.717) is 12.2 Å². The monoisotopic (exact) mass is 364 g/mol. The molecule has 0 radical (unpaired) electrons. The van der Waals surface area contributed by atoms with Gasteiger partial charge in [0, 0.05) is 24.5 Å². The van der Waals surface area contributed by atoms with Crippen LogP contribution in [0.5, 0.6) is 11.5 Å². The Morgan fingerprint density at radius 3 is 2.37 bits per heavy atom. The number of aliphatic hydroxyl groups excluding tert-OH is 1. The van der Waals surface area contributed by atoms with Crippen LogP contribution in [0.25, 0.3) is 0 Å². The highest BCUT2D eigenvalue weighted by Crippen LogP contribution is 2.27. The zero-order valence-corrected chi connectivity index (χ0v) is 15.8. The minimum absolute atomic E-state index is 0.609. The van der Waals surface area contributed by atoms with Crippen LogP contribution in [0.1, 0.15) is 28.5 Å². The fraction of sp³-hybridized carbons (Fsp3) is 0.227. The number of benzene rings is 2. The third-order valence-corrected chi connectivity index (χ3v) is 4.44. The second-order valence-electron chi connectivity index (χ2n) is 6.31. The van der Waals surface area contributed by atoms with E-state index in [-0.39, 0.29) is 0 Å². The first-order chi connectivity index (χ1) is 13.1. The molecule has 1 aromatic heterocycles. The standard InChI is InChI=1S/C22H24N2O3/c1-15-7-8-17(22(25)20-6-4-5-9-23-20)12-21(15)24-14-16-10-18(26-2)13-19(11-16)27-3/h4-13,22,24-25H,14H2,1-3H3/t22-/m0/s1. The van der Waals surface area contributed by atoms with Gasteiger partial charge in [-0.3, -0.25) is 4.98 Å². The van der Waals surface area contributed by atoms with Crippen molar-refractivity contribution in [1.29, 1.82) is 0 Å². The first-order valence-electron chi connectivity index (χ1n) is 8.76. The van der Waals surface area contributed by atoms with Crippen LogP contribution in [0.15, 0.2) is 60.8 Å². The van der Waals surface area contributed by atoms with E-state index in [1.54, 1.807) is 20.4 Å². The normalized spacial score (nSPS) is 11.7. The van der Waals surface area contributed by atoms with Crippen molar-refractivity contribution in [3.63, 3.8) is 0 Å². The number of hydrogen-bond donors (Lipinski definition) is 2. The zero-order chi connectivity index (χ0) is 19.2. The molecule has 0 aliphatic heterocycles. The number of nitrogens with one attached hydrogen (secondary N) is 1. The molecular weight excluding hydrogens is 340 g/mol. The van der Waals surface area contributed by atoms with Crippen LogP contribution >= 0.6 is 0 Å². The number of anilines is 1. The van der Waals surface area contributed by atoms with E-state index < -0.39 is 6.10 Å². The summed E-state index contributed by atoms with van der Waals surface area (Å²) >= 11 is 0. The minimum Gasteiger partial charge on any atom is -0.497 e. The van der Waals surface area contributed by atoms with Crippen molar-refractivity contribution in [2.75, 3.05) is 19.5 Å². The maximum Gasteiger partial charge on any atom is 0.122 e. The molecule has 0 unspecified atom stereocenters. The van der Waals surface area contributed by atoms with Crippen molar-refractivity contribution in [3.05, 3.63) is 83.2 Å². The van der Waals surface area contributed by atoms with Gasteiger partial charge in [-0.05, 0) is 53.9 Å².